The van der Waals surface area contributed by atoms with E-state index in [0.717, 1.165) is 37.9 Å². The highest BCUT2D eigenvalue weighted by molar-refractivity contribution is 7.90. The largest absolute Gasteiger partial charge is 0.389 e. The van der Waals surface area contributed by atoms with E-state index in [1.165, 1.54) is 0 Å². The number of hydrogen-bond acceptors (Lipinski definition) is 8. The van der Waals surface area contributed by atoms with Gasteiger partial charge >= 0.3 is 0 Å². The van der Waals surface area contributed by atoms with Crippen LogP contribution in [-0.4, -0.2) is 29.2 Å². The lowest BCUT2D eigenvalue weighted by atomic mass is 10.1. The summed E-state index contributed by atoms with van der Waals surface area (Å²) in [6.07, 6.45) is 1.18. The van der Waals surface area contributed by atoms with Crippen molar-refractivity contribution in [2.45, 2.75) is 32.2 Å². The van der Waals surface area contributed by atoms with E-state index in [0.29, 0.717) is 12.5 Å². The quantitative estimate of drug-likeness (QED) is 0.258. The molecule has 0 saturated heterocycles. The minimum absolute atomic E-state index is 0.0693. The first-order valence-electron chi connectivity index (χ1n) is 11.3. The van der Waals surface area contributed by atoms with Crippen LogP contribution in [0.25, 0.3) is 10.6 Å². The van der Waals surface area contributed by atoms with Crippen molar-refractivity contribution >= 4 is 38.5 Å². The van der Waals surface area contributed by atoms with Gasteiger partial charge in [0.15, 0.2) is 9.84 Å². The number of aliphatic hydroxyl groups excluding tert-OH is 1. The summed E-state index contributed by atoms with van der Waals surface area (Å²) in [6, 6.07) is 21.0. The van der Waals surface area contributed by atoms with Gasteiger partial charge in [-0.05, 0) is 60.5 Å². The van der Waals surface area contributed by atoms with Crippen LogP contribution in [0.5, 0.6) is 0 Å². The Morgan fingerprint density at radius 1 is 1.03 bits per heavy atom. The fourth-order valence-electron chi connectivity index (χ4n) is 3.44. The molecule has 0 radical (unpaired) electrons. The molecule has 0 amide bonds. The summed E-state index contributed by atoms with van der Waals surface area (Å²) in [5, 5.41) is 16.4. The molecule has 4 rings (SSSR count). The van der Waals surface area contributed by atoms with Crippen LogP contribution in [0, 0.1) is 0 Å². The molecule has 0 bridgehead atoms. The van der Waals surface area contributed by atoms with Gasteiger partial charge < -0.3 is 15.7 Å². The highest BCUT2D eigenvalue weighted by Crippen LogP contribution is 2.28. The molecule has 9 heteroatoms. The van der Waals surface area contributed by atoms with Crippen LogP contribution in [0.3, 0.4) is 0 Å². The van der Waals surface area contributed by atoms with Crippen molar-refractivity contribution in [3.63, 3.8) is 0 Å². The number of anilines is 3. The van der Waals surface area contributed by atoms with E-state index >= 15 is 0 Å². The molecule has 0 spiro atoms. The Bertz CT molecular complexity index is 1380. The zero-order chi connectivity index (χ0) is 24.8. The van der Waals surface area contributed by atoms with Gasteiger partial charge in [-0.1, -0.05) is 31.2 Å². The van der Waals surface area contributed by atoms with Gasteiger partial charge in [-0.2, -0.15) is 0 Å². The molecule has 2 aromatic heterocycles. The van der Waals surface area contributed by atoms with E-state index in [-0.39, 0.29) is 11.5 Å². The van der Waals surface area contributed by atoms with E-state index < -0.39 is 15.9 Å². The van der Waals surface area contributed by atoms with Crippen LogP contribution in [0.15, 0.2) is 72.9 Å². The molecular weight excluding hydrogens is 480 g/mol. The van der Waals surface area contributed by atoms with Crippen molar-refractivity contribution in [1.29, 1.82) is 0 Å². The minimum atomic E-state index is -3.03. The van der Waals surface area contributed by atoms with Gasteiger partial charge in [-0.25, -0.2) is 18.4 Å². The maximum absolute atomic E-state index is 11.8. The molecule has 0 aliphatic rings. The zero-order valence-electron chi connectivity index (χ0n) is 19.6. The van der Waals surface area contributed by atoms with Crippen LogP contribution >= 0.6 is 11.3 Å². The highest BCUT2D eigenvalue weighted by Gasteiger charge is 2.10. The second-order valence-electron chi connectivity index (χ2n) is 8.18. The number of sulfone groups is 1. The molecule has 35 heavy (non-hydrogen) atoms. The number of aliphatic hydroxyl groups is 1. The van der Waals surface area contributed by atoms with Gasteiger partial charge in [0.1, 0.15) is 0 Å². The minimum Gasteiger partial charge on any atom is -0.389 e. The standard InChI is InChI=1S/C26H28N4O3S2/c1-3-35(32,33)17-19-7-9-21(10-8-19)28-16-23-11-12-25(34-23)24-13-14-27-26(30-24)29-22-6-4-5-20(15-22)18(2)31/h4-15,18,28,31H,3,16-17H2,1-2H3,(H,27,29,30). The number of nitrogens with one attached hydrogen (secondary N) is 2. The molecule has 0 aliphatic carbocycles. The Morgan fingerprint density at radius 3 is 2.57 bits per heavy atom. The predicted octanol–water partition coefficient (Wildman–Crippen LogP) is 5.55. The molecule has 0 fully saturated rings. The molecule has 0 aliphatic heterocycles. The van der Waals surface area contributed by atoms with E-state index in [4.69, 9.17) is 0 Å². The van der Waals surface area contributed by atoms with Crippen molar-refractivity contribution in [3.8, 4) is 10.6 Å². The van der Waals surface area contributed by atoms with Crippen LogP contribution < -0.4 is 10.6 Å². The summed E-state index contributed by atoms with van der Waals surface area (Å²) in [6.45, 7) is 4.05. The first kappa shape index (κ1) is 24.8. The molecular formula is C26H28N4O3S2. The Kier molecular flexibility index (Phi) is 7.80. The summed E-state index contributed by atoms with van der Waals surface area (Å²) in [7, 11) is -3.03. The van der Waals surface area contributed by atoms with Gasteiger partial charge in [0.2, 0.25) is 5.95 Å². The highest BCUT2D eigenvalue weighted by atomic mass is 32.2. The van der Waals surface area contributed by atoms with Crippen LogP contribution in [0.1, 0.15) is 36.0 Å². The number of thiophene rings is 1. The molecule has 1 unspecified atom stereocenters. The van der Waals surface area contributed by atoms with Gasteiger partial charge in [0.05, 0.1) is 22.4 Å². The van der Waals surface area contributed by atoms with Crippen molar-refractivity contribution in [3.05, 3.63) is 88.9 Å². The molecule has 1 atom stereocenters. The second kappa shape index (κ2) is 11.0. The maximum Gasteiger partial charge on any atom is 0.227 e. The topological polar surface area (TPSA) is 104 Å². The molecule has 7 nitrogen and oxygen atoms in total. The average Bonchev–Trinajstić information content (AvgIpc) is 3.33. The lowest BCUT2D eigenvalue weighted by molar-refractivity contribution is 0.199. The molecule has 2 aromatic carbocycles. The number of rotatable bonds is 10. The van der Waals surface area contributed by atoms with Crippen molar-refractivity contribution in [1.82, 2.24) is 9.97 Å². The summed E-state index contributed by atoms with van der Waals surface area (Å²) in [4.78, 5) is 11.1. The van der Waals surface area contributed by atoms with Crippen LogP contribution in [0.4, 0.5) is 17.3 Å². The van der Waals surface area contributed by atoms with E-state index in [1.54, 1.807) is 31.4 Å². The molecule has 4 aromatic rings. The average molecular weight is 509 g/mol. The van der Waals surface area contributed by atoms with E-state index in [9.17, 15) is 13.5 Å². The monoisotopic (exact) mass is 508 g/mol. The second-order valence-corrected chi connectivity index (χ2v) is 11.7. The number of benzene rings is 2. The smallest absolute Gasteiger partial charge is 0.227 e. The Labute approximate surface area is 209 Å². The summed E-state index contributed by atoms with van der Waals surface area (Å²) < 4.78 is 23.6. The molecule has 182 valence electrons. The van der Waals surface area contributed by atoms with Crippen molar-refractivity contribution in [2.75, 3.05) is 16.4 Å². The third-order valence-corrected chi connectivity index (χ3v) is 8.20. The van der Waals surface area contributed by atoms with Gasteiger partial charge in [0.25, 0.3) is 0 Å². The predicted molar refractivity (Wildman–Crippen MR) is 143 cm³/mol. The third kappa shape index (κ3) is 6.88. The van der Waals surface area contributed by atoms with Crippen LogP contribution in [-0.2, 0) is 22.1 Å². The Balaban J connectivity index is 1.38. The maximum atomic E-state index is 11.8. The molecule has 2 heterocycles. The summed E-state index contributed by atoms with van der Waals surface area (Å²) in [5.74, 6) is 0.705. The number of hydrogen-bond donors (Lipinski definition) is 3. The fraction of sp³-hybridized carbons (Fsp3) is 0.231. The first-order chi connectivity index (χ1) is 16.8. The van der Waals surface area contributed by atoms with Gasteiger partial charge in [0, 0.05) is 34.7 Å². The molecule has 3 N–H and O–H groups in total. The van der Waals surface area contributed by atoms with Crippen molar-refractivity contribution in [2.24, 2.45) is 0 Å². The third-order valence-electron chi connectivity index (χ3n) is 5.44. The fourth-order valence-corrected chi connectivity index (χ4v) is 5.26. The number of nitrogens with zero attached hydrogens (tertiary/aromatic N) is 2. The Hall–Kier alpha value is -3.27. The molecule has 0 saturated carbocycles. The lowest BCUT2D eigenvalue weighted by Gasteiger charge is -2.09. The summed E-state index contributed by atoms with van der Waals surface area (Å²) >= 11 is 1.65. The lowest BCUT2D eigenvalue weighted by Crippen LogP contribution is -2.06. The summed E-state index contributed by atoms with van der Waals surface area (Å²) in [5.41, 5.74) is 4.19. The van der Waals surface area contributed by atoms with Crippen LogP contribution in [0.2, 0.25) is 0 Å². The normalized spacial score (nSPS) is 12.3. The van der Waals surface area contributed by atoms with Gasteiger partial charge in [-0.15, -0.1) is 11.3 Å². The first-order valence-corrected chi connectivity index (χ1v) is 14.0. The van der Waals surface area contributed by atoms with E-state index in [1.807, 2.05) is 60.7 Å². The van der Waals surface area contributed by atoms with E-state index in [2.05, 4.69) is 26.7 Å². The number of aromatic nitrogens is 2. The van der Waals surface area contributed by atoms with Gasteiger partial charge in [-0.3, -0.25) is 0 Å². The SMILES string of the molecule is CCS(=O)(=O)Cc1ccc(NCc2ccc(-c3ccnc(Nc4cccc(C(C)O)c4)n3)s2)cc1. The Morgan fingerprint density at radius 2 is 1.83 bits per heavy atom. The zero-order valence-corrected chi connectivity index (χ0v) is 21.2. The van der Waals surface area contributed by atoms with Crippen molar-refractivity contribution < 1.29 is 13.5 Å².